The van der Waals surface area contributed by atoms with Crippen LogP contribution in [0.3, 0.4) is 0 Å². The zero-order valence-electron chi connectivity index (χ0n) is 15.3. The number of benzene rings is 2. The molecule has 2 aromatic rings. The number of hydrogen-bond acceptors (Lipinski definition) is 5. The van der Waals surface area contributed by atoms with Gasteiger partial charge in [-0.15, -0.1) is 0 Å². The van der Waals surface area contributed by atoms with Crippen molar-refractivity contribution in [3.63, 3.8) is 0 Å². The van der Waals surface area contributed by atoms with Gasteiger partial charge in [-0.05, 0) is 29.8 Å². The number of sulfonamides is 1. The molecule has 0 atom stereocenters. The van der Waals surface area contributed by atoms with Crippen molar-refractivity contribution in [3.05, 3.63) is 65.2 Å². The Balaban J connectivity index is 1.72. The minimum Gasteiger partial charge on any atom is -0.456 e. The average molecular weight is 425 g/mol. The predicted octanol–water partition coefficient (Wildman–Crippen LogP) is 2.21. The third-order valence-electron chi connectivity index (χ3n) is 3.79. The summed E-state index contributed by atoms with van der Waals surface area (Å²) in [4.78, 5) is 25.3. The van der Waals surface area contributed by atoms with E-state index in [-0.39, 0.29) is 23.8 Å². The molecule has 0 aromatic heterocycles. The SMILES string of the molecule is CN(Cc1ccccc1)C(=O)COC(=O)CCNS(=O)(=O)c1ccc(Cl)cc1. The number of carbonyl (C=O) groups excluding carboxylic acids is 2. The van der Waals surface area contributed by atoms with Crippen molar-refractivity contribution < 1.29 is 22.7 Å². The van der Waals surface area contributed by atoms with Crippen LogP contribution < -0.4 is 4.72 Å². The standard InChI is InChI=1S/C19H21ClN2O5S/c1-22(13-15-5-3-2-4-6-15)18(23)14-27-19(24)11-12-21-28(25,26)17-9-7-16(20)8-10-17/h2-10,21H,11-14H2,1H3. The zero-order valence-corrected chi connectivity index (χ0v) is 16.9. The lowest BCUT2D eigenvalue weighted by Crippen LogP contribution is -2.31. The van der Waals surface area contributed by atoms with E-state index in [1.54, 1.807) is 7.05 Å². The van der Waals surface area contributed by atoms with Gasteiger partial charge in [0.25, 0.3) is 5.91 Å². The van der Waals surface area contributed by atoms with Crippen molar-refractivity contribution in [2.75, 3.05) is 20.2 Å². The number of likely N-dealkylation sites (N-methyl/N-ethyl adjacent to an activating group) is 1. The van der Waals surface area contributed by atoms with Crippen LogP contribution in [0.1, 0.15) is 12.0 Å². The van der Waals surface area contributed by atoms with Crippen LogP contribution in [0.25, 0.3) is 0 Å². The van der Waals surface area contributed by atoms with Crippen LogP contribution >= 0.6 is 11.6 Å². The van der Waals surface area contributed by atoms with Crippen LogP contribution in [0, 0.1) is 0 Å². The molecule has 0 radical (unpaired) electrons. The molecule has 2 aromatic carbocycles. The highest BCUT2D eigenvalue weighted by atomic mass is 35.5. The van der Waals surface area contributed by atoms with E-state index < -0.39 is 22.6 Å². The minimum absolute atomic E-state index is 0.0444. The first kappa shape index (κ1) is 21.9. The van der Waals surface area contributed by atoms with Crippen molar-refractivity contribution in [3.8, 4) is 0 Å². The van der Waals surface area contributed by atoms with E-state index in [1.165, 1.54) is 29.2 Å². The first-order valence-electron chi connectivity index (χ1n) is 8.46. The van der Waals surface area contributed by atoms with Crippen LogP contribution in [-0.4, -0.2) is 45.4 Å². The fourth-order valence-electron chi connectivity index (χ4n) is 2.25. The van der Waals surface area contributed by atoms with Gasteiger partial charge in [-0.2, -0.15) is 0 Å². The van der Waals surface area contributed by atoms with Crippen molar-refractivity contribution in [2.24, 2.45) is 0 Å². The summed E-state index contributed by atoms with van der Waals surface area (Å²) in [5, 5.41) is 0.421. The fourth-order valence-corrected chi connectivity index (χ4v) is 3.41. The number of esters is 1. The van der Waals surface area contributed by atoms with E-state index in [0.29, 0.717) is 11.6 Å². The number of ether oxygens (including phenoxy) is 1. The molecule has 7 nitrogen and oxygen atoms in total. The Kier molecular flexibility index (Phi) is 7.98. The van der Waals surface area contributed by atoms with Gasteiger partial charge < -0.3 is 9.64 Å². The van der Waals surface area contributed by atoms with Gasteiger partial charge in [-0.1, -0.05) is 41.9 Å². The molecule has 0 unspecified atom stereocenters. The van der Waals surface area contributed by atoms with Gasteiger partial charge in [-0.3, -0.25) is 9.59 Å². The lowest BCUT2D eigenvalue weighted by molar-refractivity contribution is -0.151. The molecule has 150 valence electrons. The lowest BCUT2D eigenvalue weighted by atomic mass is 10.2. The Morgan fingerprint density at radius 2 is 1.71 bits per heavy atom. The summed E-state index contributed by atoms with van der Waals surface area (Å²) in [5.74, 6) is -1.01. The van der Waals surface area contributed by atoms with E-state index in [9.17, 15) is 18.0 Å². The lowest BCUT2D eigenvalue weighted by Gasteiger charge is -2.17. The second-order valence-electron chi connectivity index (χ2n) is 6.00. The molecule has 0 aliphatic heterocycles. The van der Waals surface area contributed by atoms with E-state index in [0.717, 1.165) is 5.56 Å². The Bertz CT molecular complexity index is 902. The van der Waals surface area contributed by atoms with Gasteiger partial charge in [-0.25, -0.2) is 13.1 Å². The van der Waals surface area contributed by atoms with Crippen LogP contribution in [0.15, 0.2) is 59.5 Å². The summed E-state index contributed by atoms with van der Waals surface area (Å²) < 4.78 is 31.4. The second kappa shape index (κ2) is 10.2. The fraction of sp³-hybridized carbons (Fsp3) is 0.263. The van der Waals surface area contributed by atoms with Crippen LogP contribution in [-0.2, 0) is 30.9 Å². The number of rotatable bonds is 9. The van der Waals surface area contributed by atoms with Gasteiger partial charge in [0.05, 0.1) is 11.3 Å². The van der Waals surface area contributed by atoms with E-state index in [2.05, 4.69) is 4.72 Å². The number of nitrogens with one attached hydrogen (secondary N) is 1. The monoisotopic (exact) mass is 424 g/mol. The summed E-state index contributed by atoms with van der Waals surface area (Å²) in [6.45, 7) is -0.137. The highest BCUT2D eigenvalue weighted by Gasteiger charge is 2.16. The molecule has 0 heterocycles. The molecule has 0 fully saturated rings. The molecular formula is C19H21ClN2O5S. The van der Waals surface area contributed by atoms with Crippen LogP contribution in [0.2, 0.25) is 5.02 Å². The van der Waals surface area contributed by atoms with Gasteiger partial charge in [0, 0.05) is 25.2 Å². The molecule has 28 heavy (non-hydrogen) atoms. The third kappa shape index (κ3) is 6.95. The third-order valence-corrected chi connectivity index (χ3v) is 5.52. The van der Waals surface area contributed by atoms with Crippen molar-refractivity contribution in [2.45, 2.75) is 17.9 Å². The zero-order chi connectivity index (χ0) is 20.6. The topological polar surface area (TPSA) is 92.8 Å². The first-order chi connectivity index (χ1) is 13.3. The molecule has 0 saturated heterocycles. The molecule has 0 aliphatic carbocycles. The van der Waals surface area contributed by atoms with Crippen molar-refractivity contribution in [1.29, 1.82) is 0 Å². The maximum Gasteiger partial charge on any atom is 0.307 e. The van der Waals surface area contributed by atoms with Crippen LogP contribution in [0.5, 0.6) is 0 Å². The maximum atomic E-state index is 12.1. The maximum absolute atomic E-state index is 12.1. The summed E-state index contributed by atoms with van der Waals surface area (Å²) in [5.41, 5.74) is 0.960. The molecule has 0 bridgehead atoms. The summed E-state index contributed by atoms with van der Waals surface area (Å²) in [6.07, 6.45) is -0.192. The van der Waals surface area contributed by atoms with Gasteiger partial charge in [0.2, 0.25) is 10.0 Å². The highest BCUT2D eigenvalue weighted by Crippen LogP contribution is 2.13. The minimum atomic E-state index is -3.74. The molecule has 0 aliphatic rings. The van der Waals surface area contributed by atoms with Crippen LogP contribution in [0.4, 0.5) is 0 Å². The Morgan fingerprint density at radius 1 is 1.07 bits per heavy atom. The Labute approximate surface area is 169 Å². The van der Waals surface area contributed by atoms with Crippen molar-refractivity contribution >= 4 is 33.5 Å². The number of nitrogens with zero attached hydrogens (tertiary/aromatic N) is 1. The highest BCUT2D eigenvalue weighted by molar-refractivity contribution is 7.89. The number of halogens is 1. The smallest absolute Gasteiger partial charge is 0.307 e. The molecule has 9 heteroatoms. The number of amides is 1. The van der Waals surface area contributed by atoms with E-state index >= 15 is 0 Å². The first-order valence-corrected chi connectivity index (χ1v) is 10.3. The molecule has 2 rings (SSSR count). The summed E-state index contributed by atoms with van der Waals surface area (Å²) in [6, 6.07) is 15.1. The quantitative estimate of drug-likeness (QED) is 0.623. The van der Waals surface area contributed by atoms with Gasteiger partial charge in [0.1, 0.15) is 0 Å². The molecule has 1 amide bonds. The Morgan fingerprint density at radius 3 is 2.36 bits per heavy atom. The summed E-state index contributed by atoms with van der Waals surface area (Å²) >= 11 is 5.73. The van der Waals surface area contributed by atoms with E-state index in [1.807, 2.05) is 30.3 Å². The predicted molar refractivity (Wildman–Crippen MR) is 105 cm³/mol. The largest absolute Gasteiger partial charge is 0.456 e. The van der Waals surface area contributed by atoms with Gasteiger partial charge in [0.15, 0.2) is 6.61 Å². The second-order valence-corrected chi connectivity index (χ2v) is 8.20. The van der Waals surface area contributed by atoms with Gasteiger partial charge >= 0.3 is 5.97 Å². The number of hydrogen-bond donors (Lipinski definition) is 1. The van der Waals surface area contributed by atoms with Crippen molar-refractivity contribution in [1.82, 2.24) is 9.62 Å². The summed E-state index contributed by atoms with van der Waals surface area (Å²) in [7, 11) is -2.13. The average Bonchev–Trinajstić information content (AvgIpc) is 2.67. The normalized spacial score (nSPS) is 11.1. The molecule has 0 saturated carbocycles. The number of carbonyl (C=O) groups is 2. The van der Waals surface area contributed by atoms with E-state index in [4.69, 9.17) is 16.3 Å². The molecular weight excluding hydrogens is 404 g/mol. The molecule has 1 N–H and O–H groups in total. The Hall–Kier alpha value is -2.42. The molecule has 0 spiro atoms.